The fraction of sp³-hybridized carbons (Fsp3) is 0.538. The number of thiazole rings is 1. The number of nitrogens with two attached hydrogens (primary N) is 2. The number of rotatable bonds is 5. The minimum absolute atomic E-state index is 0.189. The van der Waals surface area contributed by atoms with Crippen molar-refractivity contribution >= 4 is 34.1 Å². The lowest BCUT2D eigenvalue weighted by Gasteiger charge is -2.22. The van der Waals surface area contributed by atoms with Crippen LogP contribution in [-0.2, 0) is 19.2 Å². The summed E-state index contributed by atoms with van der Waals surface area (Å²) in [4.78, 5) is 33.0. The molecule has 1 rings (SSSR count). The van der Waals surface area contributed by atoms with Crippen molar-refractivity contribution < 1.29 is 19.2 Å². The molecule has 128 valence electrons. The van der Waals surface area contributed by atoms with Gasteiger partial charge in [-0.3, -0.25) is 10.2 Å². The van der Waals surface area contributed by atoms with E-state index in [9.17, 15) is 9.59 Å². The van der Waals surface area contributed by atoms with Crippen molar-refractivity contribution in [2.75, 3.05) is 5.73 Å². The monoisotopic (exact) mass is 343 g/mol. The Morgan fingerprint density at radius 1 is 1.30 bits per heavy atom. The molecular formula is C13H21N5O4S. The zero-order chi connectivity index (χ0) is 17.8. The Labute approximate surface area is 138 Å². The SMILES string of the molecule is CC(C)(C)OC(=O)C(=NOC(C)(C)C(=O)NN)c1csc(N)n1. The molecule has 1 aromatic rings. The first kappa shape index (κ1) is 18.8. The zero-order valence-corrected chi connectivity index (χ0v) is 14.5. The molecule has 0 aromatic carbocycles. The minimum Gasteiger partial charge on any atom is -0.455 e. The molecule has 0 radical (unpaired) electrons. The van der Waals surface area contributed by atoms with Crippen molar-refractivity contribution in [1.29, 1.82) is 0 Å². The van der Waals surface area contributed by atoms with Crippen LogP contribution >= 0.6 is 11.3 Å². The van der Waals surface area contributed by atoms with E-state index in [1.54, 1.807) is 20.8 Å². The van der Waals surface area contributed by atoms with Gasteiger partial charge < -0.3 is 15.3 Å². The molecule has 0 bridgehead atoms. The summed E-state index contributed by atoms with van der Waals surface area (Å²) < 4.78 is 5.26. The van der Waals surface area contributed by atoms with Crippen molar-refractivity contribution in [1.82, 2.24) is 10.4 Å². The number of nitrogens with zero attached hydrogens (tertiary/aromatic N) is 2. The lowest BCUT2D eigenvalue weighted by Crippen LogP contribution is -2.46. The highest BCUT2D eigenvalue weighted by Crippen LogP contribution is 2.17. The molecule has 1 amide bonds. The Kier molecular flexibility index (Phi) is 5.67. The van der Waals surface area contributed by atoms with Crippen molar-refractivity contribution in [2.24, 2.45) is 11.0 Å². The van der Waals surface area contributed by atoms with E-state index in [0.29, 0.717) is 0 Å². The van der Waals surface area contributed by atoms with Gasteiger partial charge in [0.25, 0.3) is 5.91 Å². The average Bonchev–Trinajstić information content (AvgIpc) is 2.82. The molecule has 10 heteroatoms. The van der Waals surface area contributed by atoms with Crippen molar-refractivity contribution in [3.63, 3.8) is 0 Å². The quantitative estimate of drug-likeness (QED) is 0.233. The Morgan fingerprint density at radius 3 is 2.35 bits per heavy atom. The summed E-state index contributed by atoms with van der Waals surface area (Å²) in [6.07, 6.45) is 0. The topological polar surface area (TPSA) is 142 Å². The van der Waals surface area contributed by atoms with Crippen LogP contribution in [-0.4, -0.2) is 33.8 Å². The van der Waals surface area contributed by atoms with Gasteiger partial charge in [0.1, 0.15) is 11.3 Å². The molecule has 1 aromatic heterocycles. The summed E-state index contributed by atoms with van der Waals surface area (Å²) in [6.45, 7) is 8.03. The molecule has 0 fully saturated rings. The number of hydrogen-bond donors (Lipinski definition) is 3. The van der Waals surface area contributed by atoms with Gasteiger partial charge in [-0.2, -0.15) is 0 Å². The number of carbonyl (C=O) groups is 2. The number of nitrogens with one attached hydrogen (secondary N) is 1. The highest BCUT2D eigenvalue weighted by atomic mass is 32.1. The van der Waals surface area contributed by atoms with E-state index >= 15 is 0 Å². The van der Waals surface area contributed by atoms with Crippen LogP contribution in [0.3, 0.4) is 0 Å². The third kappa shape index (κ3) is 5.49. The molecule has 23 heavy (non-hydrogen) atoms. The average molecular weight is 343 g/mol. The van der Waals surface area contributed by atoms with E-state index in [0.717, 1.165) is 11.3 Å². The van der Waals surface area contributed by atoms with Crippen molar-refractivity contribution in [2.45, 2.75) is 45.8 Å². The highest BCUT2D eigenvalue weighted by Gasteiger charge is 2.32. The van der Waals surface area contributed by atoms with Crippen LogP contribution in [0, 0.1) is 0 Å². The lowest BCUT2D eigenvalue weighted by atomic mass is 10.1. The number of carbonyl (C=O) groups excluding carboxylic acids is 2. The van der Waals surface area contributed by atoms with Gasteiger partial charge in [-0.15, -0.1) is 11.3 Å². The van der Waals surface area contributed by atoms with E-state index in [-0.39, 0.29) is 16.5 Å². The molecule has 0 saturated heterocycles. The maximum Gasteiger partial charge on any atom is 0.363 e. The van der Waals surface area contributed by atoms with Crippen LogP contribution < -0.4 is 17.0 Å². The molecular weight excluding hydrogens is 322 g/mol. The van der Waals surface area contributed by atoms with Gasteiger partial charge in [0, 0.05) is 5.38 Å². The molecule has 0 unspecified atom stereocenters. The Morgan fingerprint density at radius 2 is 1.91 bits per heavy atom. The third-order valence-electron chi connectivity index (χ3n) is 2.40. The second-order valence-electron chi connectivity index (χ2n) is 6.09. The predicted octanol–water partition coefficient (Wildman–Crippen LogP) is 0.556. The van der Waals surface area contributed by atoms with Crippen LogP contribution in [0.15, 0.2) is 10.5 Å². The number of oxime groups is 1. The Hall–Kier alpha value is -2.20. The highest BCUT2D eigenvalue weighted by molar-refractivity contribution is 7.13. The van der Waals surface area contributed by atoms with Gasteiger partial charge in [-0.05, 0) is 34.6 Å². The first-order chi connectivity index (χ1) is 10.5. The predicted molar refractivity (Wildman–Crippen MR) is 86.4 cm³/mol. The first-order valence-corrected chi connectivity index (χ1v) is 7.56. The number of hydrogen-bond acceptors (Lipinski definition) is 9. The molecule has 0 aliphatic carbocycles. The summed E-state index contributed by atoms with van der Waals surface area (Å²) in [5.74, 6) is 3.72. The van der Waals surface area contributed by atoms with E-state index in [1.165, 1.54) is 19.2 Å². The number of ether oxygens (including phenoxy) is 1. The largest absolute Gasteiger partial charge is 0.455 e. The third-order valence-corrected chi connectivity index (χ3v) is 3.07. The fourth-order valence-corrected chi connectivity index (χ4v) is 1.83. The molecule has 0 aliphatic heterocycles. The van der Waals surface area contributed by atoms with Crippen molar-refractivity contribution in [3.05, 3.63) is 11.1 Å². The van der Waals surface area contributed by atoms with E-state index < -0.39 is 23.1 Å². The van der Waals surface area contributed by atoms with Gasteiger partial charge in [0.2, 0.25) is 11.3 Å². The summed E-state index contributed by atoms with van der Waals surface area (Å²) in [7, 11) is 0. The number of amides is 1. The molecule has 9 nitrogen and oxygen atoms in total. The molecule has 0 saturated carbocycles. The molecule has 1 heterocycles. The fourth-order valence-electron chi connectivity index (χ4n) is 1.29. The number of aromatic nitrogens is 1. The molecule has 0 spiro atoms. The summed E-state index contributed by atoms with van der Waals surface area (Å²) in [5.41, 5.74) is 5.42. The molecule has 5 N–H and O–H groups in total. The van der Waals surface area contributed by atoms with Crippen LogP contribution in [0.5, 0.6) is 0 Å². The van der Waals surface area contributed by atoms with Gasteiger partial charge >= 0.3 is 5.97 Å². The van der Waals surface area contributed by atoms with E-state index in [4.69, 9.17) is 21.2 Å². The zero-order valence-electron chi connectivity index (χ0n) is 13.7. The van der Waals surface area contributed by atoms with Crippen molar-refractivity contribution in [3.8, 4) is 0 Å². The summed E-state index contributed by atoms with van der Waals surface area (Å²) in [6, 6.07) is 0. The standard InChI is InChI=1S/C13H21N5O4S/c1-12(2,3)21-9(19)8(7-6-23-11(14)16-7)18-22-13(4,5)10(20)17-15/h6H,15H2,1-5H3,(H2,14,16)(H,17,20). The van der Waals surface area contributed by atoms with Crippen LogP contribution in [0.1, 0.15) is 40.3 Å². The first-order valence-electron chi connectivity index (χ1n) is 6.68. The second-order valence-corrected chi connectivity index (χ2v) is 6.98. The maximum absolute atomic E-state index is 12.3. The number of anilines is 1. The maximum atomic E-state index is 12.3. The van der Waals surface area contributed by atoms with E-state index in [1.807, 2.05) is 5.43 Å². The van der Waals surface area contributed by atoms with Crippen LogP contribution in [0.25, 0.3) is 0 Å². The number of nitrogen functional groups attached to an aromatic ring is 1. The molecule has 0 aliphatic rings. The lowest BCUT2D eigenvalue weighted by molar-refractivity contribution is -0.148. The van der Waals surface area contributed by atoms with Gasteiger partial charge in [0.15, 0.2) is 5.13 Å². The summed E-state index contributed by atoms with van der Waals surface area (Å²) in [5, 5.41) is 5.55. The second kappa shape index (κ2) is 6.92. The van der Waals surface area contributed by atoms with Gasteiger partial charge in [0.05, 0.1) is 0 Å². The number of hydrazine groups is 1. The molecule has 0 atom stereocenters. The Bertz CT molecular complexity index is 618. The number of esters is 1. The minimum atomic E-state index is -1.39. The van der Waals surface area contributed by atoms with Gasteiger partial charge in [-0.1, -0.05) is 5.16 Å². The Balaban J connectivity index is 3.12. The van der Waals surface area contributed by atoms with Crippen LogP contribution in [0.2, 0.25) is 0 Å². The normalized spacial score (nSPS) is 12.7. The van der Waals surface area contributed by atoms with E-state index in [2.05, 4.69) is 10.1 Å². The van der Waals surface area contributed by atoms with Crippen LogP contribution in [0.4, 0.5) is 5.13 Å². The summed E-state index contributed by atoms with van der Waals surface area (Å²) >= 11 is 1.14. The van der Waals surface area contributed by atoms with Gasteiger partial charge in [-0.25, -0.2) is 15.6 Å². The smallest absolute Gasteiger partial charge is 0.363 e.